The van der Waals surface area contributed by atoms with Crippen molar-refractivity contribution in [2.45, 2.75) is 50.2 Å². The number of hydrogen-bond acceptors (Lipinski definition) is 3. The van der Waals surface area contributed by atoms with Crippen molar-refractivity contribution in [2.75, 3.05) is 7.05 Å². The predicted octanol–water partition coefficient (Wildman–Crippen LogP) is 2.30. The average molecular weight is 283 g/mol. The summed E-state index contributed by atoms with van der Waals surface area (Å²) in [7, 11) is 2.22. The molecule has 2 saturated heterocycles. The maximum absolute atomic E-state index is 12.3. The van der Waals surface area contributed by atoms with Crippen molar-refractivity contribution in [2.24, 2.45) is 0 Å². The number of nitrogens with one attached hydrogen (secondary N) is 1. The van der Waals surface area contributed by atoms with E-state index in [1.807, 2.05) is 0 Å². The molecule has 2 fully saturated rings. The van der Waals surface area contributed by atoms with Crippen LogP contribution in [0.2, 0.25) is 0 Å². The quantitative estimate of drug-likeness (QED) is 0.906. The number of nitriles is 1. The molecule has 2 unspecified atom stereocenters. The van der Waals surface area contributed by atoms with Crippen molar-refractivity contribution >= 4 is 5.91 Å². The predicted molar refractivity (Wildman–Crippen MR) is 80.8 cm³/mol. The zero-order valence-corrected chi connectivity index (χ0v) is 12.4. The highest BCUT2D eigenvalue weighted by atomic mass is 16.1. The normalized spacial score (nSPS) is 28.7. The average Bonchev–Trinajstić information content (AvgIpc) is 2.48. The number of fused-ring (bicyclic) bond motifs is 2. The van der Waals surface area contributed by atoms with Gasteiger partial charge in [-0.3, -0.25) is 4.79 Å². The summed E-state index contributed by atoms with van der Waals surface area (Å²) < 4.78 is 0. The number of carbonyl (C=O) groups excluding carboxylic acids is 1. The standard InChI is InChI=1S/C17H21N3O/c1-20-15-3-2-4-16(20)10-14(9-15)19-17(21)13-7-5-12(11-18)6-8-13/h5-8,14-16H,2-4,9-10H2,1H3,(H,19,21). The molecule has 1 amide bonds. The van der Waals surface area contributed by atoms with Crippen molar-refractivity contribution < 1.29 is 4.79 Å². The minimum atomic E-state index is -0.0212. The van der Waals surface area contributed by atoms with E-state index in [0.29, 0.717) is 23.2 Å². The van der Waals surface area contributed by atoms with Crippen LogP contribution in [0.4, 0.5) is 0 Å². The molecule has 0 spiro atoms. The highest BCUT2D eigenvalue weighted by molar-refractivity contribution is 5.94. The second kappa shape index (κ2) is 5.87. The minimum absolute atomic E-state index is 0.0212. The molecule has 2 heterocycles. The molecule has 21 heavy (non-hydrogen) atoms. The van der Waals surface area contributed by atoms with Gasteiger partial charge in [-0.1, -0.05) is 6.42 Å². The summed E-state index contributed by atoms with van der Waals surface area (Å²) in [5.74, 6) is -0.0212. The molecule has 0 aromatic heterocycles. The van der Waals surface area contributed by atoms with E-state index in [-0.39, 0.29) is 11.9 Å². The Morgan fingerprint density at radius 1 is 1.24 bits per heavy atom. The lowest BCUT2D eigenvalue weighted by Gasteiger charge is -2.47. The van der Waals surface area contributed by atoms with E-state index in [1.54, 1.807) is 24.3 Å². The molecule has 0 aliphatic carbocycles. The van der Waals surface area contributed by atoms with Crippen LogP contribution in [-0.4, -0.2) is 36.0 Å². The molecule has 2 bridgehead atoms. The maximum atomic E-state index is 12.3. The summed E-state index contributed by atoms with van der Waals surface area (Å²) >= 11 is 0. The second-order valence-electron chi connectivity index (χ2n) is 6.23. The molecule has 0 saturated carbocycles. The van der Waals surface area contributed by atoms with Gasteiger partial charge in [-0.15, -0.1) is 0 Å². The van der Waals surface area contributed by atoms with Gasteiger partial charge in [0.1, 0.15) is 0 Å². The first kappa shape index (κ1) is 14.1. The Morgan fingerprint density at radius 2 is 1.86 bits per heavy atom. The fourth-order valence-electron chi connectivity index (χ4n) is 3.70. The van der Waals surface area contributed by atoms with Gasteiger partial charge >= 0.3 is 0 Å². The van der Waals surface area contributed by atoms with Gasteiger partial charge in [0.05, 0.1) is 11.6 Å². The number of carbonyl (C=O) groups is 1. The van der Waals surface area contributed by atoms with Gasteiger partial charge in [-0.2, -0.15) is 5.26 Å². The van der Waals surface area contributed by atoms with E-state index >= 15 is 0 Å². The van der Waals surface area contributed by atoms with Crippen LogP contribution in [0.15, 0.2) is 24.3 Å². The largest absolute Gasteiger partial charge is 0.349 e. The molecular formula is C17H21N3O. The van der Waals surface area contributed by atoms with Crippen LogP contribution >= 0.6 is 0 Å². The highest BCUT2D eigenvalue weighted by Crippen LogP contribution is 2.32. The van der Waals surface area contributed by atoms with Crippen molar-refractivity contribution in [3.05, 3.63) is 35.4 Å². The van der Waals surface area contributed by atoms with Gasteiger partial charge in [0.2, 0.25) is 0 Å². The molecule has 1 N–H and O–H groups in total. The Morgan fingerprint density at radius 3 is 2.43 bits per heavy atom. The summed E-state index contributed by atoms with van der Waals surface area (Å²) in [5, 5.41) is 12.0. The van der Waals surface area contributed by atoms with Crippen molar-refractivity contribution in [3.8, 4) is 6.07 Å². The molecule has 3 rings (SSSR count). The third-order valence-electron chi connectivity index (χ3n) is 4.95. The smallest absolute Gasteiger partial charge is 0.251 e. The molecule has 4 nitrogen and oxygen atoms in total. The molecular weight excluding hydrogens is 262 g/mol. The van der Waals surface area contributed by atoms with Crippen LogP contribution in [0.3, 0.4) is 0 Å². The molecule has 1 aromatic carbocycles. The van der Waals surface area contributed by atoms with Crippen LogP contribution in [0.25, 0.3) is 0 Å². The zero-order valence-electron chi connectivity index (χ0n) is 12.4. The first-order chi connectivity index (χ1) is 10.2. The second-order valence-corrected chi connectivity index (χ2v) is 6.23. The van der Waals surface area contributed by atoms with Crippen molar-refractivity contribution in [1.29, 1.82) is 5.26 Å². The van der Waals surface area contributed by atoms with Crippen molar-refractivity contribution in [3.63, 3.8) is 0 Å². The number of nitrogens with zero attached hydrogens (tertiary/aromatic N) is 2. The lowest BCUT2D eigenvalue weighted by Crippen LogP contribution is -2.55. The Balaban J connectivity index is 1.63. The van der Waals surface area contributed by atoms with E-state index in [2.05, 4.69) is 23.3 Å². The summed E-state index contributed by atoms with van der Waals surface area (Å²) in [5.41, 5.74) is 1.22. The van der Waals surface area contributed by atoms with Crippen LogP contribution in [-0.2, 0) is 0 Å². The van der Waals surface area contributed by atoms with Crippen LogP contribution in [0.1, 0.15) is 48.0 Å². The fraction of sp³-hybridized carbons (Fsp3) is 0.529. The molecule has 2 aliphatic rings. The SMILES string of the molecule is CN1C2CCCC1CC(NC(=O)c1ccc(C#N)cc1)C2. The number of amides is 1. The topological polar surface area (TPSA) is 56.1 Å². The minimum Gasteiger partial charge on any atom is -0.349 e. The van der Waals surface area contributed by atoms with E-state index in [9.17, 15) is 4.79 Å². The van der Waals surface area contributed by atoms with Gasteiger partial charge in [0.15, 0.2) is 0 Å². The number of piperidine rings is 2. The Bertz CT molecular complexity index is 546. The van der Waals surface area contributed by atoms with E-state index < -0.39 is 0 Å². The lowest BCUT2D eigenvalue weighted by molar-refractivity contribution is 0.0463. The monoisotopic (exact) mass is 283 g/mol. The maximum Gasteiger partial charge on any atom is 0.251 e. The van der Waals surface area contributed by atoms with E-state index in [1.165, 1.54) is 19.3 Å². The van der Waals surface area contributed by atoms with Crippen LogP contribution in [0.5, 0.6) is 0 Å². The third-order valence-corrected chi connectivity index (χ3v) is 4.95. The lowest BCUT2D eigenvalue weighted by atomic mass is 9.82. The van der Waals surface area contributed by atoms with Crippen LogP contribution < -0.4 is 5.32 Å². The molecule has 4 heteroatoms. The number of hydrogen-bond donors (Lipinski definition) is 1. The van der Waals surface area contributed by atoms with Gasteiger partial charge in [-0.05, 0) is 57.0 Å². The van der Waals surface area contributed by atoms with Crippen LogP contribution in [0, 0.1) is 11.3 Å². The molecule has 2 aliphatic heterocycles. The van der Waals surface area contributed by atoms with E-state index in [0.717, 1.165) is 12.8 Å². The molecule has 110 valence electrons. The summed E-state index contributed by atoms with van der Waals surface area (Å²) in [6.45, 7) is 0. The molecule has 2 atom stereocenters. The Labute approximate surface area is 125 Å². The summed E-state index contributed by atoms with van der Waals surface area (Å²) in [4.78, 5) is 14.8. The third kappa shape index (κ3) is 2.93. The fourth-order valence-corrected chi connectivity index (χ4v) is 3.70. The number of benzene rings is 1. The molecule has 1 aromatic rings. The zero-order chi connectivity index (χ0) is 14.8. The summed E-state index contributed by atoms with van der Waals surface area (Å²) in [6.07, 6.45) is 5.91. The first-order valence-electron chi connectivity index (χ1n) is 7.70. The van der Waals surface area contributed by atoms with Gasteiger partial charge < -0.3 is 10.2 Å². The first-order valence-corrected chi connectivity index (χ1v) is 7.70. The summed E-state index contributed by atoms with van der Waals surface area (Å²) in [6, 6.07) is 10.4. The van der Waals surface area contributed by atoms with Gasteiger partial charge in [0, 0.05) is 23.7 Å². The van der Waals surface area contributed by atoms with E-state index in [4.69, 9.17) is 5.26 Å². The van der Waals surface area contributed by atoms with Crippen molar-refractivity contribution in [1.82, 2.24) is 10.2 Å². The Kier molecular flexibility index (Phi) is 3.94. The molecule has 0 radical (unpaired) electrons. The highest BCUT2D eigenvalue weighted by Gasteiger charge is 2.36. The van der Waals surface area contributed by atoms with Gasteiger partial charge in [-0.25, -0.2) is 0 Å². The van der Waals surface area contributed by atoms with Gasteiger partial charge in [0.25, 0.3) is 5.91 Å². The number of rotatable bonds is 2. The Hall–Kier alpha value is -1.86.